The zero-order chi connectivity index (χ0) is 15.8. The minimum atomic E-state index is -0.450. The predicted molar refractivity (Wildman–Crippen MR) is 80.5 cm³/mol. The van der Waals surface area contributed by atoms with Crippen LogP contribution in [0.5, 0.6) is 0 Å². The van der Waals surface area contributed by atoms with Crippen molar-refractivity contribution in [2.75, 3.05) is 6.54 Å². The third-order valence-electron chi connectivity index (χ3n) is 3.87. The Bertz CT molecular complexity index is 554. The summed E-state index contributed by atoms with van der Waals surface area (Å²) >= 11 is 0. The van der Waals surface area contributed by atoms with Gasteiger partial charge in [-0.15, -0.1) is 0 Å². The van der Waals surface area contributed by atoms with Crippen molar-refractivity contribution in [2.45, 2.75) is 38.7 Å². The summed E-state index contributed by atoms with van der Waals surface area (Å²) in [5.74, 6) is -0.455. The molecule has 0 heterocycles. The van der Waals surface area contributed by atoms with Gasteiger partial charge in [0.2, 0.25) is 5.91 Å². The first-order valence-corrected chi connectivity index (χ1v) is 7.61. The van der Waals surface area contributed by atoms with Crippen LogP contribution in [0, 0.1) is 17.2 Å². The third kappa shape index (κ3) is 4.88. The van der Waals surface area contributed by atoms with E-state index in [0.717, 1.165) is 31.2 Å². The highest BCUT2D eigenvalue weighted by molar-refractivity contribution is 5.83. The maximum atomic E-state index is 11.9. The first kappa shape index (κ1) is 16.0. The van der Waals surface area contributed by atoms with Gasteiger partial charge in [-0.3, -0.25) is 9.59 Å². The summed E-state index contributed by atoms with van der Waals surface area (Å²) in [5, 5.41) is 11.4. The molecule has 1 aliphatic carbocycles. The van der Waals surface area contributed by atoms with Crippen molar-refractivity contribution in [1.82, 2.24) is 5.32 Å². The van der Waals surface area contributed by atoms with Gasteiger partial charge >= 0.3 is 5.97 Å². The number of carbonyl (C=O) groups excluding carboxylic acids is 2. The van der Waals surface area contributed by atoms with Gasteiger partial charge in [0.05, 0.1) is 11.6 Å². The van der Waals surface area contributed by atoms with Crippen molar-refractivity contribution in [3.63, 3.8) is 0 Å². The lowest BCUT2D eigenvalue weighted by Crippen LogP contribution is -2.36. The van der Waals surface area contributed by atoms with E-state index in [1.54, 1.807) is 24.3 Å². The van der Waals surface area contributed by atoms with Crippen molar-refractivity contribution in [3.05, 3.63) is 35.4 Å². The Morgan fingerprint density at radius 1 is 1.18 bits per heavy atom. The highest BCUT2D eigenvalue weighted by atomic mass is 16.5. The zero-order valence-corrected chi connectivity index (χ0v) is 12.5. The van der Waals surface area contributed by atoms with Crippen LogP contribution < -0.4 is 5.32 Å². The molecule has 0 aromatic heterocycles. The summed E-state index contributed by atoms with van der Waals surface area (Å²) < 4.78 is 5.10. The highest BCUT2D eigenvalue weighted by Crippen LogP contribution is 2.23. The molecule has 0 saturated heterocycles. The third-order valence-corrected chi connectivity index (χ3v) is 3.87. The van der Waals surface area contributed by atoms with Crippen LogP contribution in [0.15, 0.2) is 24.3 Å². The highest BCUT2D eigenvalue weighted by Gasteiger charge is 2.21. The van der Waals surface area contributed by atoms with E-state index < -0.39 is 5.97 Å². The fraction of sp³-hybridized carbons (Fsp3) is 0.471. The summed E-state index contributed by atoms with van der Waals surface area (Å²) in [5.41, 5.74) is 1.38. The smallest absolute Gasteiger partial charge is 0.325 e. The lowest BCUT2D eigenvalue weighted by atomic mass is 9.89. The first-order valence-electron chi connectivity index (χ1n) is 7.61. The molecule has 1 aliphatic rings. The average molecular weight is 300 g/mol. The van der Waals surface area contributed by atoms with E-state index in [1.165, 1.54) is 6.42 Å². The van der Waals surface area contributed by atoms with Gasteiger partial charge in [-0.2, -0.15) is 5.26 Å². The van der Waals surface area contributed by atoms with Crippen LogP contribution in [0.3, 0.4) is 0 Å². The van der Waals surface area contributed by atoms with Crippen molar-refractivity contribution >= 4 is 11.9 Å². The standard InChI is InChI=1S/C17H20N2O3/c18-10-13-6-8-14(9-7-13)12-22-16(20)11-19-17(21)15-4-2-1-3-5-15/h6-9,15H,1-5,11-12H2,(H,19,21). The second-order valence-corrected chi connectivity index (χ2v) is 5.52. The van der Waals surface area contributed by atoms with E-state index in [2.05, 4.69) is 5.32 Å². The zero-order valence-electron chi connectivity index (χ0n) is 12.5. The Kier molecular flexibility index (Phi) is 5.96. The molecule has 5 nitrogen and oxygen atoms in total. The quantitative estimate of drug-likeness (QED) is 0.846. The number of nitriles is 1. The van der Waals surface area contributed by atoms with Crippen LogP contribution in [0.25, 0.3) is 0 Å². The molecular weight excluding hydrogens is 280 g/mol. The number of hydrogen-bond donors (Lipinski definition) is 1. The lowest BCUT2D eigenvalue weighted by Gasteiger charge is -2.20. The molecule has 0 bridgehead atoms. The SMILES string of the molecule is N#Cc1ccc(COC(=O)CNC(=O)C2CCCCC2)cc1. The Morgan fingerprint density at radius 2 is 1.86 bits per heavy atom. The van der Waals surface area contributed by atoms with Gasteiger partial charge in [0.1, 0.15) is 13.2 Å². The fourth-order valence-electron chi connectivity index (χ4n) is 2.56. The van der Waals surface area contributed by atoms with E-state index in [1.807, 2.05) is 6.07 Å². The van der Waals surface area contributed by atoms with Gasteiger partial charge < -0.3 is 10.1 Å². The molecule has 0 unspecified atom stereocenters. The summed E-state index contributed by atoms with van der Waals surface area (Å²) in [7, 11) is 0. The minimum Gasteiger partial charge on any atom is -0.460 e. The fourth-order valence-corrected chi connectivity index (χ4v) is 2.56. The molecule has 2 rings (SSSR count). The van der Waals surface area contributed by atoms with Gasteiger partial charge in [-0.25, -0.2) is 0 Å². The van der Waals surface area contributed by atoms with Crippen molar-refractivity contribution in [2.24, 2.45) is 5.92 Å². The van der Waals surface area contributed by atoms with Crippen LogP contribution in [0.4, 0.5) is 0 Å². The summed E-state index contributed by atoms with van der Waals surface area (Å²) in [6, 6.07) is 8.86. The largest absolute Gasteiger partial charge is 0.460 e. The lowest BCUT2D eigenvalue weighted by molar-refractivity contribution is -0.145. The maximum Gasteiger partial charge on any atom is 0.325 e. The van der Waals surface area contributed by atoms with E-state index in [0.29, 0.717) is 5.56 Å². The maximum absolute atomic E-state index is 11.9. The molecule has 1 saturated carbocycles. The van der Waals surface area contributed by atoms with Crippen molar-refractivity contribution in [1.29, 1.82) is 5.26 Å². The van der Waals surface area contributed by atoms with Crippen molar-refractivity contribution in [3.8, 4) is 6.07 Å². The second kappa shape index (κ2) is 8.18. The second-order valence-electron chi connectivity index (χ2n) is 5.52. The molecule has 22 heavy (non-hydrogen) atoms. The van der Waals surface area contributed by atoms with Crippen LogP contribution in [-0.2, 0) is 20.9 Å². The van der Waals surface area contributed by atoms with E-state index >= 15 is 0 Å². The van der Waals surface area contributed by atoms with E-state index in [-0.39, 0.29) is 25.0 Å². The van der Waals surface area contributed by atoms with Gasteiger partial charge in [0.15, 0.2) is 0 Å². The molecule has 0 aliphatic heterocycles. The molecule has 1 N–H and O–H groups in total. The Balaban J connectivity index is 1.68. The Labute approximate surface area is 130 Å². The molecule has 0 spiro atoms. The molecule has 1 amide bonds. The minimum absolute atomic E-state index is 0.0417. The molecule has 0 atom stereocenters. The number of benzene rings is 1. The monoisotopic (exact) mass is 300 g/mol. The Hall–Kier alpha value is -2.35. The topological polar surface area (TPSA) is 79.2 Å². The number of hydrogen-bond acceptors (Lipinski definition) is 4. The molecular formula is C17H20N2O3. The van der Waals surface area contributed by atoms with E-state index in [4.69, 9.17) is 10.00 Å². The van der Waals surface area contributed by atoms with Gasteiger partial charge in [-0.05, 0) is 30.5 Å². The number of carbonyl (C=O) groups is 2. The Morgan fingerprint density at radius 3 is 2.50 bits per heavy atom. The van der Waals surface area contributed by atoms with Crippen LogP contribution in [0.2, 0.25) is 0 Å². The molecule has 0 radical (unpaired) electrons. The molecule has 1 aromatic carbocycles. The first-order chi connectivity index (χ1) is 10.7. The number of rotatable bonds is 5. The normalized spacial score (nSPS) is 14.9. The van der Waals surface area contributed by atoms with Crippen LogP contribution in [-0.4, -0.2) is 18.4 Å². The number of amides is 1. The molecule has 116 valence electrons. The van der Waals surface area contributed by atoms with Crippen molar-refractivity contribution < 1.29 is 14.3 Å². The summed E-state index contributed by atoms with van der Waals surface area (Å²) in [4.78, 5) is 23.5. The van der Waals surface area contributed by atoms with E-state index in [9.17, 15) is 9.59 Å². The summed E-state index contributed by atoms with van der Waals surface area (Å²) in [6.07, 6.45) is 5.18. The summed E-state index contributed by atoms with van der Waals surface area (Å²) in [6.45, 7) is 0.0510. The molecule has 5 heteroatoms. The van der Waals surface area contributed by atoms with Gasteiger partial charge in [0.25, 0.3) is 0 Å². The molecule has 1 fully saturated rings. The van der Waals surface area contributed by atoms with Gasteiger partial charge in [-0.1, -0.05) is 31.4 Å². The number of nitrogens with zero attached hydrogens (tertiary/aromatic N) is 1. The number of nitrogens with one attached hydrogen (secondary N) is 1. The van der Waals surface area contributed by atoms with Crippen LogP contribution >= 0.6 is 0 Å². The average Bonchev–Trinajstić information content (AvgIpc) is 2.59. The van der Waals surface area contributed by atoms with Gasteiger partial charge in [0, 0.05) is 5.92 Å². The number of esters is 1. The predicted octanol–water partition coefficient (Wildman–Crippen LogP) is 2.30. The number of ether oxygens (including phenoxy) is 1. The van der Waals surface area contributed by atoms with Crippen LogP contribution in [0.1, 0.15) is 43.2 Å². The molecule has 1 aromatic rings.